The van der Waals surface area contributed by atoms with Crippen molar-refractivity contribution in [3.8, 4) is 11.8 Å². The van der Waals surface area contributed by atoms with Crippen LogP contribution in [0.5, 0.6) is 0 Å². The molecule has 0 aliphatic carbocycles. The highest BCUT2D eigenvalue weighted by Gasteiger charge is 2.16. The van der Waals surface area contributed by atoms with Crippen molar-refractivity contribution in [3.05, 3.63) is 29.3 Å². The first-order valence-electron chi connectivity index (χ1n) is 5.68. The van der Waals surface area contributed by atoms with Crippen LogP contribution in [0.3, 0.4) is 0 Å². The Morgan fingerprint density at radius 1 is 1.39 bits per heavy atom. The minimum absolute atomic E-state index is 0.240. The molecule has 1 aromatic carbocycles. The molecule has 0 bridgehead atoms. The fourth-order valence-electron chi connectivity index (χ4n) is 1.27. The normalized spacial score (nSPS) is 10.9. The van der Waals surface area contributed by atoms with E-state index >= 15 is 0 Å². The zero-order chi connectivity index (χ0) is 13.8. The molecule has 0 heterocycles. The van der Waals surface area contributed by atoms with E-state index in [2.05, 4.69) is 16.6 Å². The summed E-state index contributed by atoms with van der Waals surface area (Å²) in [6, 6.07) is 5.43. The van der Waals surface area contributed by atoms with Gasteiger partial charge in [-0.15, -0.1) is 0 Å². The summed E-state index contributed by atoms with van der Waals surface area (Å²) in [5.41, 5.74) is 7.43. The van der Waals surface area contributed by atoms with E-state index in [4.69, 9.17) is 5.73 Å². The Hall–Kier alpha value is -1.51. The molecule has 18 heavy (non-hydrogen) atoms. The zero-order valence-corrected chi connectivity index (χ0v) is 11.6. The molecule has 0 atom stereocenters. The van der Waals surface area contributed by atoms with Crippen LogP contribution in [0.1, 0.15) is 25.0 Å². The van der Waals surface area contributed by atoms with Gasteiger partial charge in [0.15, 0.2) is 0 Å². The maximum atomic E-state index is 11.9. The predicted molar refractivity (Wildman–Crippen MR) is 74.8 cm³/mol. The van der Waals surface area contributed by atoms with Crippen molar-refractivity contribution in [2.75, 3.05) is 11.3 Å². The fourth-order valence-corrected chi connectivity index (χ4v) is 1.98. The summed E-state index contributed by atoms with van der Waals surface area (Å²) < 4.78 is 26.3. The van der Waals surface area contributed by atoms with Gasteiger partial charge < -0.3 is 5.73 Å². The average molecular weight is 266 g/mol. The second-order valence-electron chi connectivity index (χ2n) is 4.25. The smallest absolute Gasteiger partial charge is 0.235 e. The number of aryl methyl sites for hydroxylation is 1. The van der Waals surface area contributed by atoms with Crippen molar-refractivity contribution in [1.82, 2.24) is 0 Å². The monoisotopic (exact) mass is 266 g/mol. The Labute approximate surface area is 109 Å². The first kappa shape index (κ1) is 14.6. The van der Waals surface area contributed by atoms with Gasteiger partial charge in [-0.1, -0.05) is 17.9 Å². The molecule has 1 aromatic rings. The maximum Gasteiger partial charge on any atom is 0.235 e. The summed E-state index contributed by atoms with van der Waals surface area (Å²) >= 11 is 0. The topological polar surface area (TPSA) is 72.2 Å². The van der Waals surface area contributed by atoms with Gasteiger partial charge in [-0.2, -0.15) is 0 Å². The highest BCUT2D eigenvalue weighted by molar-refractivity contribution is 7.93. The first-order valence-corrected chi connectivity index (χ1v) is 7.22. The third-order valence-electron chi connectivity index (χ3n) is 2.37. The van der Waals surface area contributed by atoms with Crippen molar-refractivity contribution >= 4 is 15.7 Å². The van der Waals surface area contributed by atoms with Gasteiger partial charge >= 0.3 is 0 Å². The largest absolute Gasteiger partial charge is 0.320 e. The lowest BCUT2D eigenvalue weighted by molar-refractivity contribution is 0.593. The summed E-state index contributed by atoms with van der Waals surface area (Å²) in [5.74, 6) is 5.58. The highest BCUT2D eigenvalue weighted by atomic mass is 32.2. The number of hydrogen-bond donors (Lipinski definition) is 2. The Balaban J connectivity index is 3.18. The Morgan fingerprint density at radius 3 is 2.61 bits per heavy atom. The number of benzene rings is 1. The molecule has 3 N–H and O–H groups in total. The van der Waals surface area contributed by atoms with E-state index in [1.54, 1.807) is 26.0 Å². The quantitative estimate of drug-likeness (QED) is 0.813. The molecule has 0 amide bonds. The third kappa shape index (κ3) is 3.76. The van der Waals surface area contributed by atoms with Crippen molar-refractivity contribution in [2.45, 2.75) is 26.0 Å². The molecule has 0 radical (unpaired) electrons. The Morgan fingerprint density at radius 2 is 2.06 bits per heavy atom. The first-order chi connectivity index (χ1) is 8.36. The molecule has 98 valence electrons. The number of rotatable bonds is 3. The summed E-state index contributed by atoms with van der Waals surface area (Å²) in [4.78, 5) is 0. The van der Waals surface area contributed by atoms with Crippen molar-refractivity contribution in [2.24, 2.45) is 5.73 Å². The lowest BCUT2D eigenvalue weighted by Gasteiger charge is -2.12. The minimum Gasteiger partial charge on any atom is -0.320 e. The lowest BCUT2D eigenvalue weighted by Crippen LogP contribution is -2.23. The van der Waals surface area contributed by atoms with Crippen molar-refractivity contribution in [1.29, 1.82) is 0 Å². The summed E-state index contributed by atoms with van der Waals surface area (Å²) in [6.07, 6.45) is 0. The fraction of sp³-hybridized carbons (Fsp3) is 0.385. The average Bonchev–Trinajstić information content (AvgIpc) is 2.27. The van der Waals surface area contributed by atoms with Crippen LogP contribution in [0.4, 0.5) is 5.69 Å². The SMILES string of the molecule is Cc1ccc(C#CCN)c(NS(=O)(=O)C(C)C)c1. The van der Waals surface area contributed by atoms with Gasteiger partial charge in [0.2, 0.25) is 10.0 Å². The second-order valence-corrected chi connectivity index (χ2v) is 6.49. The minimum atomic E-state index is -3.36. The van der Waals surface area contributed by atoms with E-state index in [1.165, 1.54) is 0 Å². The molecular formula is C13H18N2O2S. The van der Waals surface area contributed by atoms with Crippen molar-refractivity contribution in [3.63, 3.8) is 0 Å². The molecule has 0 spiro atoms. The Bertz CT molecular complexity index is 581. The van der Waals surface area contributed by atoms with E-state index < -0.39 is 15.3 Å². The third-order valence-corrected chi connectivity index (χ3v) is 4.12. The molecular weight excluding hydrogens is 248 g/mol. The van der Waals surface area contributed by atoms with Crippen LogP contribution in [0.25, 0.3) is 0 Å². The number of anilines is 1. The van der Waals surface area contributed by atoms with E-state index in [9.17, 15) is 8.42 Å². The molecule has 5 heteroatoms. The number of nitrogens with two attached hydrogens (primary N) is 1. The van der Waals surface area contributed by atoms with Crippen LogP contribution < -0.4 is 10.5 Å². The summed E-state index contributed by atoms with van der Waals surface area (Å²) in [5, 5.41) is -0.492. The van der Waals surface area contributed by atoms with Crippen molar-refractivity contribution < 1.29 is 8.42 Å². The van der Waals surface area contributed by atoms with Gasteiger partial charge in [0.05, 0.1) is 17.5 Å². The second kappa shape index (κ2) is 5.89. The van der Waals surface area contributed by atoms with Gasteiger partial charge in [-0.3, -0.25) is 4.72 Å². The Kier molecular flexibility index (Phi) is 4.76. The molecule has 0 saturated carbocycles. The zero-order valence-electron chi connectivity index (χ0n) is 10.8. The van der Waals surface area contributed by atoms with Crippen LogP contribution in [-0.2, 0) is 10.0 Å². The van der Waals surface area contributed by atoms with Crippen LogP contribution in [0.2, 0.25) is 0 Å². The number of sulfonamides is 1. The van der Waals surface area contributed by atoms with Gasteiger partial charge in [0.25, 0.3) is 0 Å². The molecule has 0 saturated heterocycles. The molecule has 0 aromatic heterocycles. The van der Waals surface area contributed by atoms with Crippen LogP contribution in [-0.4, -0.2) is 20.2 Å². The van der Waals surface area contributed by atoms with E-state index in [1.807, 2.05) is 13.0 Å². The van der Waals surface area contributed by atoms with E-state index in [0.29, 0.717) is 11.3 Å². The standard InChI is InChI=1S/C13H18N2O2S/c1-10(2)18(16,17)15-13-9-11(3)6-7-12(13)5-4-8-14/h6-7,9-10,15H,8,14H2,1-3H3. The van der Waals surface area contributed by atoms with Crippen LogP contribution >= 0.6 is 0 Å². The van der Waals surface area contributed by atoms with Gasteiger partial charge in [0, 0.05) is 5.56 Å². The predicted octanol–water partition coefficient (Wildman–Crippen LogP) is 1.46. The number of nitrogens with one attached hydrogen (secondary N) is 1. The summed E-state index contributed by atoms with van der Waals surface area (Å²) in [6.45, 7) is 5.39. The van der Waals surface area contributed by atoms with E-state index in [-0.39, 0.29) is 6.54 Å². The number of hydrogen-bond acceptors (Lipinski definition) is 3. The maximum absolute atomic E-state index is 11.9. The van der Waals surface area contributed by atoms with Gasteiger partial charge in [-0.05, 0) is 38.5 Å². The van der Waals surface area contributed by atoms with Crippen LogP contribution in [0.15, 0.2) is 18.2 Å². The molecule has 0 aliphatic rings. The van der Waals surface area contributed by atoms with E-state index in [0.717, 1.165) is 5.56 Å². The highest BCUT2D eigenvalue weighted by Crippen LogP contribution is 2.19. The molecule has 4 nitrogen and oxygen atoms in total. The lowest BCUT2D eigenvalue weighted by atomic mass is 10.1. The summed E-state index contributed by atoms with van der Waals surface area (Å²) in [7, 11) is -3.36. The molecule has 0 fully saturated rings. The van der Waals surface area contributed by atoms with Gasteiger partial charge in [-0.25, -0.2) is 8.42 Å². The van der Waals surface area contributed by atoms with Crippen LogP contribution in [0, 0.1) is 18.8 Å². The van der Waals surface area contributed by atoms with Gasteiger partial charge in [0.1, 0.15) is 0 Å². The molecule has 0 aliphatic heterocycles. The molecule has 0 unspecified atom stereocenters. The molecule has 1 rings (SSSR count).